The lowest BCUT2D eigenvalue weighted by atomic mass is 10.1. The van der Waals surface area contributed by atoms with E-state index in [1.807, 2.05) is 16.8 Å². The van der Waals surface area contributed by atoms with E-state index in [4.69, 9.17) is 10.8 Å². The van der Waals surface area contributed by atoms with E-state index in [1.54, 1.807) is 0 Å². The second kappa shape index (κ2) is 6.43. The summed E-state index contributed by atoms with van der Waals surface area (Å²) in [7, 11) is 0. The van der Waals surface area contributed by atoms with Gasteiger partial charge in [-0.15, -0.1) is 0 Å². The molecule has 0 spiro atoms. The predicted octanol–water partition coefficient (Wildman–Crippen LogP) is 3.81. The molecule has 24 heavy (non-hydrogen) atoms. The van der Waals surface area contributed by atoms with Crippen LogP contribution in [0.15, 0.2) is 42.7 Å². The van der Waals surface area contributed by atoms with Crippen molar-refractivity contribution in [1.82, 2.24) is 19.7 Å². The molecule has 0 radical (unpaired) electrons. The molecule has 5 heteroatoms. The predicted molar refractivity (Wildman–Crippen MR) is 98.5 cm³/mol. The van der Waals surface area contributed by atoms with Crippen LogP contribution in [0, 0.1) is 0 Å². The summed E-state index contributed by atoms with van der Waals surface area (Å²) in [5.41, 5.74) is 8.83. The van der Waals surface area contributed by atoms with Crippen molar-refractivity contribution in [2.24, 2.45) is 0 Å². The molecule has 0 aliphatic heterocycles. The summed E-state index contributed by atoms with van der Waals surface area (Å²) in [4.78, 5) is 8.50. The lowest BCUT2D eigenvalue weighted by Crippen LogP contribution is -2.23. The summed E-state index contributed by atoms with van der Waals surface area (Å²) < 4.78 is 1.91. The topological polar surface area (TPSA) is 69.6 Å². The van der Waals surface area contributed by atoms with Gasteiger partial charge in [0.1, 0.15) is 12.1 Å². The Balaban J connectivity index is 1.88. The first-order valence-electron chi connectivity index (χ1n) is 8.17. The molecule has 3 aromatic rings. The fourth-order valence-corrected chi connectivity index (χ4v) is 2.67. The number of allylic oxidation sites excluding steroid dienone is 1. The van der Waals surface area contributed by atoms with Gasteiger partial charge in [0.05, 0.1) is 16.6 Å². The molecule has 0 unspecified atom stereocenters. The number of aromatic nitrogens is 4. The van der Waals surface area contributed by atoms with Crippen molar-refractivity contribution in [3.63, 3.8) is 0 Å². The largest absolute Gasteiger partial charge is 0.383 e. The number of fused-ring (bicyclic) bond motifs is 1. The molecule has 0 bridgehead atoms. The molecule has 3 rings (SSSR count). The van der Waals surface area contributed by atoms with Crippen LogP contribution in [0.25, 0.3) is 17.1 Å². The van der Waals surface area contributed by atoms with Gasteiger partial charge >= 0.3 is 0 Å². The zero-order valence-electron chi connectivity index (χ0n) is 14.4. The number of nitrogens with two attached hydrogens (primary N) is 1. The van der Waals surface area contributed by atoms with Crippen molar-refractivity contribution in [3.8, 4) is 0 Å². The van der Waals surface area contributed by atoms with Crippen molar-refractivity contribution in [3.05, 3.63) is 54.0 Å². The summed E-state index contributed by atoms with van der Waals surface area (Å²) in [6, 6.07) is 10.4. The minimum Gasteiger partial charge on any atom is -0.383 e. The molecule has 1 aromatic carbocycles. The molecule has 0 fully saturated rings. The average Bonchev–Trinajstić information content (AvgIpc) is 2.93. The van der Waals surface area contributed by atoms with E-state index in [0.717, 1.165) is 29.6 Å². The van der Waals surface area contributed by atoms with Gasteiger partial charge in [0.25, 0.3) is 0 Å². The quantitative estimate of drug-likeness (QED) is 0.793. The van der Waals surface area contributed by atoms with Gasteiger partial charge in [0, 0.05) is 0 Å². The third kappa shape index (κ3) is 3.30. The van der Waals surface area contributed by atoms with Crippen LogP contribution in [0.4, 0.5) is 5.82 Å². The monoisotopic (exact) mass is 321 g/mol. The summed E-state index contributed by atoms with van der Waals surface area (Å²) >= 11 is 0. The summed E-state index contributed by atoms with van der Waals surface area (Å²) in [5, 5.41) is 5.54. The maximum atomic E-state index is 6.07. The van der Waals surface area contributed by atoms with Crippen LogP contribution in [0.1, 0.15) is 38.4 Å². The highest BCUT2D eigenvalue weighted by molar-refractivity contribution is 5.92. The van der Waals surface area contributed by atoms with Gasteiger partial charge in [-0.3, -0.25) is 0 Å². The van der Waals surface area contributed by atoms with Crippen molar-refractivity contribution in [2.75, 3.05) is 5.73 Å². The lowest BCUT2D eigenvalue weighted by Gasteiger charge is -2.19. The molecule has 2 heterocycles. The number of benzene rings is 1. The Morgan fingerprint density at radius 2 is 1.88 bits per heavy atom. The molecule has 0 aliphatic rings. The van der Waals surface area contributed by atoms with Crippen LogP contribution < -0.4 is 5.73 Å². The number of hydrogen-bond donors (Lipinski definition) is 1. The highest BCUT2D eigenvalue weighted by Gasteiger charge is 2.21. The number of hydrogen-bond acceptors (Lipinski definition) is 4. The van der Waals surface area contributed by atoms with Crippen LogP contribution in [0.2, 0.25) is 0 Å². The first-order chi connectivity index (χ1) is 11.5. The van der Waals surface area contributed by atoms with Crippen molar-refractivity contribution < 1.29 is 0 Å². The third-order valence-corrected chi connectivity index (χ3v) is 3.87. The van der Waals surface area contributed by atoms with Crippen LogP contribution in [0.5, 0.6) is 0 Å². The van der Waals surface area contributed by atoms with Crippen LogP contribution in [-0.2, 0) is 12.0 Å². The summed E-state index contributed by atoms with van der Waals surface area (Å²) in [6.45, 7) is 6.29. The average molecular weight is 321 g/mol. The smallest absolute Gasteiger partial charge is 0.164 e. The molecule has 0 amide bonds. The molecule has 0 saturated carbocycles. The maximum absolute atomic E-state index is 6.07. The van der Waals surface area contributed by atoms with Crippen LogP contribution >= 0.6 is 0 Å². The second-order valence-corrected chi connectivity index (χ2v) is 6.85. The molecular weight excluding hydrogens is 298 g/mol. The number of anilines is 1. The van der Waals surface area contributed by atoms with E-state index < -0.39 is 0 Å². The number of nitrogens with zero attached hydrogens (tertiary/aromatic N) is 4. The molecule has 0 aliphatic carbocycles. The van der Waals surface area contributed by atoms with E-state index in [-0.39, 0.29) is 5.54 Å². The number of nitrogen functional groups attached to an aromatic ring is 1. The van der Waals surface area contributed by atoms with Crippen molar-refractivity contribution in [1.29, 1.82) is 0 Å². The molecule has 2 aromatic heterocycles. The second-order valence-electron chi connectivity index (χ2n) is 6.85. The van der Waals surface area contributed by atoms with Gasteiger partial charge in [0.15, 0.2) is 5.65 Å². The van der Waals surface area contributed by atoms with Gasteiger partial charge < -0.3 is 5.73 Å². The van der Waals surface area contributed by atoms with Crippen molar-refractivity contribution in [2.45, 2.75) is 39.2 Å². The molecule has 2 N–H and O–H groups in total. The third-order valence-electron chi connectivity index (χ3n) is 3.87. The maximum Gasteiger partial charge on any atom is 0.164 e. The van der Waals surface area contributed by atoms with Gasteiger partial charge in [-0.25, -0.2) is 14.6 Å². The van der Waals surface area contributed by atoms with Gasteiger partial charge in [0.2, 0.25) is 0 Å². The van der Waals surface area contributed by atoms with Crippen molar-refractivity contribution >= 4 is 22.9 Å². The van der Waals surface area contributed by atoms with E-state index in [1.165, 1.54) is 11.9 Å². The minimum absolute atomic E-state index is 0.171. The molecule has 124 valence electrons. The van der Waals surface area contributed by atoms with Crippen LogP contribution in [-0.4, -0.2) is 19.7 Å². The Morgan fingerprint density at radius 3 is 2.58 bits per heavy atom. The Bertz CT molecular complexity index is 857. The number of rotatable bonds is 4. The first-order valence-corrected chi connectivity index (χ1v) is 8.17. The van der Waals surface area contributed by atoms with E-state index in [0.29, 0.717) is 5.82 Å². The fraction of sp³-hybridized carbons (Fsp3) is 0.316. The molecule has 0 saturated heterocycles. The van der Waals surface area contributed by atoms with E-state index in [9.17, 15) is 0 Å². The highest BCUT2D eigenvalue weighted by atomic mass is 15.3. The van der Waals surface area contributed by atoms with Crippen LogP contribution in [0.3, 0.4) is 0 Å². The normalized spacial score (nSPS) is 12.3. The van der Waals surface area contributed by atoms with Gasteiger partial charge in [-0.1, -0.05) is 36.4 Å². The Hall–Kier alpha value is -2.69. The summed E-state index contributed by atoms with van der Waals surface area (Å²) in [6.07, 6.45) is 7.59. The first kappa shape index (κ1) is 16.2. The fourth-order valence-electron chi connectivity index (χ4n) is 2.67. The molecular formula is C19H23N5. The zero-order chi connectivity index (χ0) is 17.2. The molecule has 5 nitrogen and oxygen atoms in total. The Labute approximate surface area is 142 Å². The highest BCUT2D eigenvalue weighted by Crippen LogP contribution is 2.27. The minimum atomic E-state index is -0.171. The Kier molecular flexibility index (Phi) is 4.34. The number of aryl methyl sites for hydroxylation is 1. The lowest BCUT2D eigenvalue weighted by molar-refractivity contribution is 0.365. The SMILES string of the molecule is CC(C)(C)n1nc(/C=C/CCc2ccccc2)c2c(N)ncnc21. The molecule has 0 atom stereocenters. The van der Waals surface area contributed by atoms with Gasteiger partial charge in [-0.2, -0.15) is 5.10 Å². The van der Waals surface area contributed by atoms with E-state index in [2.05, 4.69) is 61.1 Å². The Morgan fingerprint density at radius 1 is 1.12 bits per heavy atom. The van der Waals surface area contributed by atoms with E-state index >= 15 is 0 Å². The standard InChI is InChI=1S/C19H23N5/c1-19(2,3)24-18-16(17(20)21-13-22-18)15(23-24)12-8-7-11-14-9-5-4-6-10-14/h4-6,8-10,12-13H,7,11H2,1-3H3,(H2,20,21,22)/b12-8+. The summed E-state index contributed by atoms with van der Waals surface area (Å²) in [5.74, 6) is 0.471. The zero-order valence-corrected chi connectivity index (χ0v) is 14.4. The van der Waals surface area contributed by atoms with Gasteiger partial charge in [-0.05, 0) is 45.3 Å².